The summed E-state index contributed by atoms with van der Waals surface area (Å²) in [7, 11) is 1.78. The van der Waals surface area contributed by atoms with Gasteiger partial charge in [0, 0.05) is 32.1 Å². The van der Waals surface area contributed by atoms with Gasteiger partial charge in [0.25, 0.3) is 5.91 Å². The Morgan fingerprint density at radius 2 is 2.03 bits per heavy atom. The number of imidazole rings is 1. The number of pyridine rings is 1. The van der Waals surface area contributed by atoms with Gasteiger partial charge in [-0.1, -0.05) is 25.3 Å². The summed E-state index contributed by atoms with van der Waals surface area (Å²) in [4.78, 5) is 34.5. The zero-order valence-corrected chi connectivity index (χ0v) is 18.4. The van der Waals surface area contributed by atoms with Crippen LogP contribution in [0.15, 0.2) is 22.3 Å². The maximum atomic E-state index is 12.8. The lowest BCUT2D eigenvalue weighted by atomic mass is 9.97. The molecule has 0 aromatic carbocycles. The lowest BCUT2D eigenvalue weighted by Gasteiger charge is -2.34. The highest BCUT2D eigenvalue weighted by atomic mass is 32.1. The summed E-state index contributed by atoms with van der Waals surface area (Å²) in [5, 5.41) is 5.62. The molecule has 10 heteroatoms. The third-order valence-corrected chi connectivity index (χ3v) is 6.48. The van der Waals surface area contributed by atoms with Gasteiger partial charge in [0.2, 0.25) is 0 Å². The predicted molar refractivity (Wildman–Crippen MR) is 115 cm³/mol. The van der Waals surface area contributed by atoms with E-state index in [9.17, 15) is 9.59 Å². The van der Waals surface area contributed by atoms with Gasteiger partial charge in [-0.2, -0.15) is 0 Å². The molecule has 2 aliphatic rings. The van der Waals surface area contributed by atoms with Crippen LogP contribution in [-0.4, -0.2) is 59.7 Å². The standard InChI is InChI=1S/C20H25N7O2S/c1-20(2,3)11-27-15-5-6-16(21-17(15)24(4)19(27)29)25-8-13-7-12(25)9-26(13)18(28)14-10-30-23-22-14/h5-6,10,12-13H,7-9,11H2,1-4H3/t12-,13-/m1/s1. The quantitative estimate of drug-likeness (QED) is 0.633. The highest BCUT2D eigenvalue weighted by Gasteiger charge is 2.46. The van der Waals surface area contributed by atoms with E-state index in [4.69, 9.17) is 4.98 Å². The zero-order valence-electron chi connectivity index (χ0n) is 17.6. The second kappa shape index (κ2) is 6.63. The SMILES string of the molecule is Cn1c(=O)n(CC(C)(C)C)c2ccc(N3C[C@H]4C[C@@H]3CN4C(=O)c3csnn3)nc21. The Balaban J connectivity index is 1.41. The van der Waals surface area contributed by atoms with Crippen molar-refractivity contribution < 1.29 is 4.79 Å². The summed E-state index contributed by atoms with van der Waals surface area (Å²) in [5.74, 6) is 0.821. The Morgan fingerprint density at radius 3 is 2.67 bits per heavy atom. The molecule has 2 atom stereocenters. The summed E-state index contributed by atoms with van der Waals surface area (Å²) in [6.45, 7) is 8.40. The number of hydrogen-bond acceptors (Lipinski definition) is 7. The van der Waals surface area contributed by atoms with Gasteiger partial charge in [-0.05, 0) is 35.5 Å². The molecule has 2 saturated heterocycles. The number of hydrogen-bond donors (Lipinski definition) is 0. The minimum absolute atomic E-state index is 0.00624. The van der Waals surface area contributed by atoms with Crippen LogP contribution < -0.4 is 10.6 Å². The number of likely N-dealkylation sites (tertiary alicyclic amines) is 1. The van der Waals surface area contributed by atoms with Crippen molar-refractivity contribution in [2.45, 2.75) is 45.8 Å². The van der Waals surface area contributed by atoms with Gasteiger partial charge in [0.1, 0.15) is 5.82 Å². The Morgan fingerprint density at radius 1 is 1.23 bits per heavy atom. The van der Waals surface area contributed by atoms with Gasteiger partial charge in [0.15, 0.2) is 11.3 Å². The van der Waals surface area contributed by atoms with Crippen LogP contribution in [0.25, 0.3) is 11.2 Å². The number of aromatic nitrogens is 5. The van der Waals surface area contributed by atoms with Crippen molar-refractivity contribution >= 4 is 34.4 Å². The van der Waals surface area contributed by atoms with Gasteiger partial charge in [0.05, 0.1) is 17.6 Å². The van der Waals surface area contributed by atoms with Gasteiger partial charge in [-0.15, -0.1) is 5.10 Å². The summed E-state index contributed by atoms with van der Waals surface area (Å²) in [5.41, 5.74) is 1.94. The van der Waals surface area contributed by atoms with Crippen molar-refractivity contribution in [3.05, 3.63) is 33.7 Å². The van der Waals surface area contributed by atoms with Crippen molar-refractivity contribution in [3.8, 4) is 0 Å². The molecular weight excluding hydrogens is 402 g/mol. The van der Waals surface area contributed by atoms with Crippen molar-refractivity contribution in [2.24, 2.45) is 12.5 Å². The molecule has 0 unspecified atom stereocenters. The van der Waals surface area contributed by atoms with Crippen LogP contribution >= 0.6 is 11.5 Å². The van der Waals surface area contributed by atoms with Crippen LogP contribution in [0.5, 0.6) is 0 Å². The molecule has 5 rings (SSSR count). The second-order valence-electron chi connectivity index (χ2n) is 9.44. The average molecular weight is 428 g/mol. The largest absolute Gasteiger partial charge is 0.350 e. The fraction of sp³-hybridized carbons (Fsp3) is 0.550. The van der Waals surface area contributed by atoms with Crippen LogP contribution in [-0.2, 0) is 13.6 Å². The molecule has 1 amide bonds. The Hall–Kier alpha value is -2.75. The fourth-order valence-corrected chi connectivity index (χ4v) is 5.08. The molecule has 5 heterocycles. The van der Waals surface area contributed by atoms with Crippen molar-refractivity contribution in [1.82, 2.24) is 28.6 Å². The normalized spacial score (nSPS) is 21.2. The monoisotopic (exact) mass is 427 g/mol. The maximum Gasteiger partial charge on any atom is 0.330 e. The third-order valence-electron chi connectivity index (χ3n) is 5.97. The first-order valence-corrected chi connectivity index (χ1v) is 11.0. The number of carbonyl (C=O) groups excluding carboxylic acids is 1. The topological polar surface area (TPSA) is 89.2 Å². The molecule has 30 heavy (non-hydrogen) atoms. The number of anilines is 1. The van der Waals surface area contributed by atoms with Crippen LogP contribution in [0.3, 0.4) is 0 Å². The lowest BCUT2D eigenvalue weighted by Crippen LogP contribution is -2.49. The van der Waals surface area contributed by atoms with E-state index in [0.717, 1.165) is 24.3 Å². The Bertz CT molecular complexity index is 1170. The van der Waals surface area contributed by atoms with Crippen LogP contribution in [0.1, 0.15) is 37.7 Å². The van der Waals surface area contributed by atoms with Gasteiger partial charge < -0.3 is 9.80 Å². The van der Waals surface area contributed by atoms with Gasteiger partial charge >= 0.3 is 5.69 Å². The van der Waals surface area contributed by atoms with Crippen molar-refractivity contribution in [1.29, 1.82) is 0 Å². The Kier molecular flexibility index (Phi) is 4.25. The van der Waals surface area contributed by atoms with E-state index in [1.54, 1.807) is 17.0 Å². The van der Waals surface area contributed by atoms with E-state index in [2.05, 4.69) is 35.3 Å². The molecule has 2 fully saturated rings. The number of aryl methyl sites for hydroxylation is 1. The second-order valence-corrected chi connectivity index (χ2v) is 10.1. The summed E-state index contributed by atoms with van der Waals surface area (Å²) < 4.78 is 7.24. The minimum atomic E-state index is -0.0408. The maximum absolute atomic E-state index is 12.8. The van der Waals surface area contributed by atoms with Gasteiger partial charge in [-0.3, -0.25) is 13.9 Å². The average Bonchev–Trinajstić information content (AvgIpc) is 3.48. The van der Waals surface area contributed by atoms with Crippen molar-refractivity contribution in [2.75, 3.05) is 18.0 Å². The van der Waals surface area contributed by atoms with Crippen molar-refractivity contribution in [3.63, 3.8) is 0 Å². The van der Waals surface area contributed by atoms with Crippen LogP contribution in [0.2, 0.25) is 0 Å². The zero-order chi connectivity index (χ0) is 21.2. The molecule has 3 aromatic heterocycles. The van der Waals surface area contributed by atoms with Gasteiger partial charge in [-0.25, -0.2) is 9.78 Å². The first-order chi connectivity index (χ1) is 14.2. The molecule has 0 N–H and O–H groups in total. The van der Waals surface area contributed by atoms with E-state index in [1.807, 2.05) is 21.6 Å². The number of rotatable bonds is 3. The van der Waals surface area contributed by atoms with E-state index in [0.29, 0.717) is 24.4 Å². The van der Waals surface area contributed by atoms with E-state index in [1.165, 1.54) is 11.5 Å². The predicted octanol–water partition coefficient (Wildman–Crippen LogP) is 1.74. The van der Waals surface area contributed by atoms with Crippen LogP contribution in [0.4, 0.5) is 5.82 Å². The molecule has 9 nitrogen and oxygen atoms in total. The number of piperazine rings is 1. The summed E-state index contributed by atoms with van der Waals surface area (Å²) in [6.07, 6.45) is 0.924. The fourth-order valence-electron chi connectivity index (χ4n) is 4.65. The summed E-state index contributed by atoms with van der Waals surface area (Å²) in [6, 6.07) is 4.37. The highest BCUT2D eigenvalue weighted by molar-refractivity contribution is 7.03. The minimum Gasteiger partial charge on any atom is -0.350 e. The van der Waals surface area contributed by atoms with E-state index < -0.39 is 0 Å². The molecule has 2 aliphatic heterocycles. The Labute approximate surface area is 178 Å². The molecule has 0 saturated carbocycles. The van der Waals surface area contributed by atoms with E-state index in [-0.39, 0.29) is 29.1 Å². The molecule has 3 aromatic rings. The lowest BCUT2D eigenvalue weighted by molar-refractivity contribution is 0.0719. The number of amides is 1. The number of fused-ring (bicyclic) bond motifs is 3. The molecule has 0 spiro atoms. The molecule has 2 bridgehead atoms. The molecule has 0 aliphatic carbocycles. The number of carbonyl (C=O) groups is 1. The molecule has 0 radical (unpaired) electrons. The third kappa shape index (κ3) is 3.01. The number of nitrogens with zero attached hydrogens (tertiary/aromatic N) is 7. The highest BCUT2D eigenvalue weighted by Crippen LogP contribution is 2.35. The summed E-state index contributed by atoms with van der Waals surface area (Å²) >= 11 is 1.19. The molecule has 158 valence electrons. The first-order valence-electron chi connectivity index (χ1n) is 10.1. The molecular formula is C20H25N7O2S. The van der Waals surface area contributed by atoms with E-state index >= 15 is 0 Å². The first kappa shape index (κ1) is 19.2. The van der Waals surface area contributed by atoms with Crippen LogP contribution in [0, 0.1) is 5.41 Å². The smallest absolute Gasteiger partial charge is 0.330 e.